The maximum absolute atomic E-state index is 5.53. The summed E-state index contributed by atoms with van der Waals surface area (Å²) in [5, 5.41) is 0. The molecule has 2 saturated heterocycles. The molecule has 2 heteroatoms. The topological polar surface area (TPSA) is 12.5 Å². The van der Waals surface area contributed by atoms with Crippen LogP contribution in [0.25, 0.3) is 0 Å². The second-order valence-electron chi connectivity index (χ2n) is 5.25. The molecular weight excluding hydrogens is 174 g/mol. The van der Waals surface area contributed by atoms with Crippen LogP contribution in [0.3, 0.4) is 0 Å². The van der Waals surface area contributed by atoms with Crippen molar-refractivity contribution in [3.05, 3.63) is 0 Å². The quantitative estimate of drug-likeness (QED) is 0.669. The summed E-state index contributed by atoms with van der Waals surface area (Å²) in [6.07, 6.45) is 10.4. The minimum Gasteiger partial charge on any atom is -0.381 e. The van der Waals surface area contributed by atoms with Gasteiger partial charge in [0.05, 0.1) is 6.10 Å². The Morgan fingerprint density at radius 2 is 1.57 bits per heavy atom. The van der Waals surface area contributed by atoms with Crippen LogP contribution in [0.5, 0.6) is 0 Å². The largest absolute Gasteiger partial charge is 0.381 e. The van der Waals surface area contributed by atoms with E-state index < -0.39 is 0 Å². The van der Waals surface area contributed by atoms with E-state index in [1.165, 1.54) is 44.9 Å². The molecule has 2 bridgehead atoms. The molecule has 3 aliphatic rings. The normalized spacial score (nSPS) is 43.9. The van der Waals surface area contributed by atoms with Gasteiger partial charge in [0.1, 0.15) is 0 Å². The van der Waals surface area contributed by atoms with Crippen molar-refractivity contribution in [3.8, 4) is 0 Å². The summed E-state index contributed by atoms with van der Waals surface area (Å²) in [6.45, 7) is 0. The molecule has 2 aliphatic heterocycles. The zero-order chi connectivity index (χ0) is 9.54. The molecule has 2 heterocycles. The third kappa shape index (κ3) is 1.31. The van der Waals surface area contributed by atoms with Crippen molar-refractivity contribution >= 4 is 0 Å². The molecule has 0 aromatic heterocycles. The summed E-state index contributed by atoms with van der Waals surface area (Å²) in [5.74, 6) is 0. The Bertz CT molecular complexity index is 200. The zero-order valence-corrected chi connectivity index (χ0v) is 9.11. The highest BCUT2D eigenvalue weighted by Crippen LogP contribution is 2.42. The van der Waals surface area contributed by atoms with Crippen molar-refractivity contribution in [2.45, 2.75) is 69.2 Å². The minimum absolute atomic E-state index is 0.559. The molecule has 1 aliphatic carbocycles. The van der Waals surface area contributed by atoms with Gasteiger partial charge in [-0.3, -0.25) is 4.90 Å². The Morgan fingerprint density at radius 1 is 0.929 bits per heavy atom. The fourth-order valence-electron chi connectivity index (χ4n) is 3.64. The molecule has 2 unspecified atom stereocenters. The molecule has 0 aromatic carbocycles. The van der Waals surface area contributed by atoms with Gasteiger partial charge in [-0.1, -0.05) is 6.42 Å². The van der Waals surface area contributed by atoms with Crippen molar-refractivity contribution in [2.75, 3.05) is 7.11 Å². The molecule has 0 aromatic rings. The Balaban J connectivity index is 1.70. The fraction of sp³-hybridized carbons (Fsp3) is 1.00. The van der Waals surface area contributed by atoms with Gasteiger partial charge in [-0.15, -0.1) is 0 Å². The Kier molecular flexibility index (Phi) is 2.29. The number of nitrogens with zero attached hydrogens (tertiary/aromatic N) is 1. The summed E-state index contributed by atoms with van der Waals surface area (Å²) in [7, 11) is 1.88. The average molecular weight is 195 g/mol. The van der Waals surface area contributed by atoms with Gasteiger partial charge in [-0.25, -0.2) is 0 Å². The fourth-order valence-corrected chi connectivity index (χ4v) is 3.64. The van der Waals surface area contributed by atoms with Crippen LogP contribution in [0.1, 0.15) is 44.9 Å². The predicted molar refractivity (Wildman–Crippen MR) is 56.3 cm³/mol. The van der Waals surface area contributed by atoms with Crippen molar-refractivity contribution in [1.82, 2.24) is 4.90 Å². The van der Waals surface area contributed by atoms with Gasteiger partial charge in [-0.05, 0) is 38.5 Å². The summed E-state index contributed by atoms with van der Waals surface area (Å²) in [4.78, 5) is 2.85. The van der Waals surface area contributed by atoms with E-state index in [-0.39, 0.29) is 0 Å². The molecule has 2 atom stereocenters. The van der Waals surface area contributed by atoms with Gasteiger partial charge in [0.2, 0.25) is 0 Å². The maximum Gasteiger partial charge on any atom is 0.0601 e. The van der Waals surface area contributed by atoms with Gasteiger partial charge in [0.25, 0.3) is 0 Å². The molecule has 0 radical (unpaired) electrons. The molecule has 2 nitrogen and oxygen atoms in total. The van der Waals surface area contributed by atoms with Gasteiger partial charge in [-0.2, -0.15) is 0 Å². The molecule has 0 N–H and O–H groups in total. The van der Waals surface area contributed by atoms with Gasteiger partial charge >= 0.3 is 0 Å². The molecule has 80 valence electrons. The number of fused-ring (bicyclic) bond motifs is 2. The second-order valence-corrected chi connectivity index (χ2v) is 5.25. The van der Waals surface area contributed by atoms with Crippen LogP contribution in [-0.2, 0) is 4.74 Å². The van der Waals surface area contributed by atoms with Crippen molar-refractivity contribution in [1.29, 1.82) is 0 Å². The highest BCUT2D eigenvalue weighted by Gasteiger charge is 2.44. The summed E-state index contributed by atoms with van der Waals surface area (Å²) in [5.41, 5.74) is 0. The summed E-state index contributed by atoms with van der Waals surface area (Å²) >= 11 is 0. The van der Waals surface area contributed by atoms with Crippen molar-refractivity contribution in [2.24, 2.45) is 0 Å². The first-order valence-corrected chi connectivity index (χ1v) is 6.18. The lowest BCUT2D eigenvalue weighted by Gasteiger charge is -2.46. The molecular formula is C12H21NO. The van der Waals surface area contributed by atoms with Crippen LogP contribution in [0, 0.1) is 0 Å². The second kappa shape index (κ2) is 3.49. The van der Waals surface area contributed by atoms with E-state index in [0.29, 0.717) is 6.10 Å². The lowest BCUT2D eigenvalue weighted by Crippen LogP contribution is -2.52. The molecule has 14 heavy (non-hydrogen) atoms. The lowest BCUT2D eigenvalue weighted by molar-refractivity contribution is -0.0284. The van der Waals surface area contributed by atoms with E-state index in [9.17, 15) is 0 Å². The van der Waals surface area contributed by atoms with Gasteiger partial charge in [0.15, 0.2) is 0 Å². The Morgan fingerprint density at radius 3 is 2.00 bits per heavy atom. The van der Waals surface area contributed by atoms with E-state index >= 15 is 0 Å². The Labute approximate surface area is 86.6 Å². The lowest BCUT2D eigenvalue weighted by atomic mass is 9.87. The number of hydrogen-bond donors (Lipinski definition) is 0. The standard InChI is InChI=1S/C12H21NO/c1-14-12-7-10-5-6-11(8-12)13(10)9-3-2-4-9/h9-12H,2-8H2,1H3. The van der Waals surface area contributed by atoms with Crippen molar-refractivity contribution in [3.63, 3.8) is 0 Å². The predicted octanol–water partition coefficient (Wildman–Crippen LogP) is 2.18. The zero-order valence-electron chi connectivity index (χ0n) is 9.11. The third-order valence-corrected chi connectivity index (χ3v) is 4.58. The van der Waals surface area contributed by atoms with Crippen LogP contribution >= 0.6 is 0 Å². The van der Waals surface area contributed by atoms with Crippen LogP contribution < -0.4 is 0 Å². The van der Waals surface area contributed by atoms with Crippen LogP contribution in [0.15, 0.2) is 0 Å². The molecule has 3 fully saturated rings. The molecule has 0 spiro atoms. The first kappa shape index (κ1) is 9.17. The van der Waals surface area contributed by atoms with E-state index in [1.807, 2.05) is 7.11 Å². The van der Waals surface area contributed by atoms with E-state index in [2.05, 4.69) is 4.90 Å². The smallest absolute Gasteiger partial charge is 0.0601 e. The average Bonchev–Trinajstić information content (AvgIpc) is 2.38. The first-order chi connectivity index (χ1) is 6.88. The number of ether oxygens (including phenoxy) is 1. The SMILES string of the molecule is COC1CC2CCC(C1)N2C1CCC1. The monoisotopic (exact) mass is 195 g/mol. The third-order valence-electron chi connectivity index (χ3n) is 4.58. The van der Waals surface area contributed by atoms with E-state index in [1.54, 1.807) is 0 Å². The minimum atomic E-state index is 0.559. The van der Waals surface area contributed by atoms with Crippen molar-refractivity contribution < 1.29 is 4.74 Å². The maximum atomic E-state index is 5.53. The molecule has 1 saturated carbocycles. The van der Waals surface area contributed by atoms with Gasteiger partial charge in [0, 0.05) is 25.2 Å². The number of hydrogen-bond acceptors (Lipinski definition) is 2. The van der Waals surface area contributed by atoms with Crippen LogP contribution in [0.2, 0.25) is 0 Å². The number of rotatable bonds is 2. The highest BCUT2D eigenvalue weighted by molar-refractivity contribution is 5.00. The number of piperidine rings is 1. The molecule has 0 amide bonds. The number of methoxy groups -OCH3 is 1. The van der Waals surface area contributed by atoms with Crippen LogP contribution in [0.4, 0.5) is 0 Å². The highest BCUT2D eigenvalue weighted by atomic mass is 16.5. The first-order valence-electron chi connectivity index (χ1n) is 6.18. The van der Waals surface area contributed by atoms with Gasteiger partial charge < -0.3 is 4.74 Å². The van der Waals surface area contributed by atoms with Crippen LogP contribution in [-0.4, -0.2) is 36.2 Å². The van der Waals surface area contributed by atoms with E-state index in [0.717, 1.165) is 18.1 Å². The molecule has 3 rings (SSSR count). The summed E-state index contributed by atoms with van der Waals surface area (Å²) in [6, 6.07) is 2.68. The van der Waals surface area contributed by atoms with E-state index in [4.69, 9.17) is 4.74 Å². The summed E-state index contributed by atoms with van der Waals surface area (Å²) < 4.78 is 5.53. The Hall–Kier alpha value is -0.0800.